The third kappa shape index (κ3) is 3.83. The summed E-state index contributed by atoms with van der Waals surface area (Å²) in [5.74, 6) is -0.822. The number of halogens is 1. The molecule has 37 heavy (non-hydrogen) atoms. The molecule has 0 fully saturated rings. The van der Waals surface area contributed by atoms with Crippen molar-refractivity contribution in [2.45, 2.75) is 27.7 Å². The van der Waals surface area contributed by atoms with Gasteiger partial charge in [-0.15, -0.1) is 0 Å². The average molecular weight is 498 g/mol. The summed E-state index contributed by atoms with van der Waals surface area (Å²) in [6.07, 6.45) is 8.51. The maximum absolute atomic E-state index is 15.4. The molecule has 2 N–H and O–H groups in total. The monoisotopic (exact) mass is 497 g/mol. The Bertz CT molecular complexity index is 1720. The molecular formula is C28H28FN7O. The van der Waals surface area contributed by atoms with Crippen LogP contribution in [0.4, 0.5) is 10.1 Å². The molecule has 0 aliphatic heterocycles. The summed E-state index contributed by atoms with van der Waals surface area (Å²) >= 11 is 0. The summed E-state index contributed by atoms with van der Waals surface area (Å²) in [7, 11) is 3.75. The van der Waals surface area contributed by atoms with E-state index >= 15 is 4.39 Å². The van der Waals surface area contributed by atoms with Crippen LogP contribution in [-0.2, 0) is 18.9 Å². The molecule has 0 saturated carbocycles. The Morgan fingerprint density at radius 2 is 1.78 bits per heavy atom. The number of anilines is 1. The van der Waals surface area contributed by atoms with Crippen molar-refractivity contribution < 1.29 is 9.18 Å². The Labute approximate surface area is 213 Å². The largest absolute Gasteiger partial charge is 0.339 e. The first-order valence-corrected chi connectivity index (χ1v) is 11.8. The van der Waals surface area contributed by atoms with E-state index in [0.717, 1.165) is 50.2 Å². The minimum absolute atomic E-state index is 0.362. The van der Waals surface area contributed by atoms with E-state index in [9.17, 15) is 4.79 Å². The summed E-state index contributed by atoms with van der Waals surface area (Å²) < 4.78 is 18.9. The fourth-order valence-corrected chi connectivity index (χ4v) is 4.88. The van der Waals surface area contributed by atoms with E-state index in [1.165, 1.54) is 12.1 Å². The molecule has 0 spiro atoms. The maximum atomic E-state index is 15.4. The van der Waals surface area contributed by atoms with Crippen LogP contribution in [0.1, 0.15) is 22.4 Å². The first-order valence-electron chi connectivity index (χ1n) is 11.8. The number of hydrogen-bond donors (Lipinski definition) is 2. The van der Waals surface area contributed by atoms with Gasteiger partial charge in [0.15, 0.2) is 0 Å². The maximum Gasteiger partial charge on any atom is 0.247 e. The van der Waals surface area contributed by atoms with E-state index < -0.39 is 11.7 Å². The van der Waals surface area contributed by atoms with E-state index in [4.69, 9.17) is 4.98 Å². The van der Waals surface area contributed by atoms with Crippen molar-refractivity contribution in [2.75, 3.05) is 5.32 Å². The number of H-pyrrole nitrogens is 1. The summed E-state index contributed by atoms with van der Waals surface area (Å²) in [5, 5.41) is 12.4. The lowest BCUT2D eigenvalue weighted by Crippen LogP contribution is -2.11. The van der Waals surface area contributed by atoms with Crippen molar-refractivity contribution >= 4 is 22.6 Å². The van der Waals surface area contributed by atoms with Gasteiger partial charge in [-0.2, -0.15) is 10.2 Å². The number of nitrogens with one attached hydrogen (secondary N) is 2. The third-order valence-corrected chi connectivity index (χ3v) is 7.09. The lowest BCUT2D eigenvalue weighted by atomic mass is 9.90. The van der Waals surface area contributed by atoms with Crippen LogP contribution in [-0.4, -0.2) is 35.4 Å². The standard InChI is InChI=1S/C28H28FN7O/c1-8-23(37)33-26-15(3)19(9-22(29)16(26)4)25-24-14(2)20(21-12-32-36(7)17(21)5)11-30-28(24)34-27(25)18-10-31-35(6)13-18/h8-13H,1H2,2-7H3,(H,30,34)(H,33,37). The topological polar surface area (TPSA) is 93.4 Å². The van der Waals surface area contributed by atoms with Gasteiger partial charge in [0.25, 0.3) is 0 Å². The zero-order chi connectivity index (χ0) is 26.6. The van der Waals surface area contributed by atoms with Crippen molar-refractivity contribution in [2.24, 2.45) is 14.1 Å². The van der Waals surface area contributed by atoms with Gasteiger partial charge in [0.1, 0.15) is 11.5 Å². The summed E-state index contributed by atoms with van der Waals surface area (Å²) in [5.41, 5.74) is 9.18. The van der Waals surface area contributed by atoms with Gasteiger partial charge < -0.3 is 10.3 Å². The quantitative estimate of drug-likeness (QED) is 0.312. The number of hydrogen-bond acceptors (Lipinski definition) is 4. The number of benzene rings is 1. The molecule has 188 valence electrons. The van der Waals surface area contributed by atoms with Gasteiger partial charge in [-0.25, -0.2) is 9.37 Å². The molecule has 0 atom stereocenters. The lowest BCUT2D eigenvalue weighted by molar-refractivity contribution is -0.111. The molecule has 4 aromatic heterocycles. The minimum atomic E-state index is -0.420. The van der Waals surface area contributed by atoms with Gasteiger partial charge in [-0.1, -0.05) is 6.58 Å². The van der Waals surface area contributed by atoms with Gasteiger partial charge in [0.2, 0.25) is 5.91 Å². The highest BCUT2D eigenvalue weighted by atomic mass is 19.1. The molecule has 0 saturated heterocycles. The molecule has 9 heteroatoms. The predicted octanol–water partition coefficient (Wildman–Crippen LogP) is 5.53. The highest BCUT2D eigenvalue weighted by molar-refractivity contribution is 6.08. The number of carbonyl (C=O) groups excluding carboxylic acids is 1. The minimum Gasteiger partial charge on any atom is -0.339 e. The molecule has 5 aromatic rings. The zero-order valence-electron chi connectivity index (χ0n) is 21.7. The van der Waals surface area contributed by atoms with E-state index in [1.807, 2.05) is 58.1 Å². The zero-order valence-corrected chi connectivity index (χ0v) is 21.7. The molecular weight excluding hydrogens is 469 g/mol. The first kappa shape index (κ1) is 24.2. The van der Waals surface area contributed by atoms with Crippen molar-refractivity contribution in [1.29, 1.82) is 0 Å². The molecule has 1 amide bonds. The van der Waals surface area contributed by atoms with Crippen LogP contribution in [0.25, 0.3) is 44.5 Å². The van der Waals surface area contributed by atoms with Crippen LogP contribution in [0, 0.1) is 33.5 Å². The Morgan fingerprint density at radius 3 is 2.41 bits per heavy atom. The Hall–Kier alpha value is -4.53. The number of aryl methyl sites for hydroxylation is 3. The van der Waals surface area contributed by atoms with Crippen LogP contribution >= 0.6 is 0 Å². The van der Waals surface area contributed by atoms with Crippen molar-refractivity contribution in [3.63, 3.8) is 0 Å². The molecule has 0 radical (unpaired) electrons. The SMILES string of the molecule is C=CC(=O)Nc1c(C)c(F)cc(-c2c(-c3cnn(C)c3)[nH]c3ncc(-c4cnn(C)c4C)c(C)c23)c1C. The highest BCUT2D eigenvalue weighted by Gasteiger charge is 2.25. The van der Waals surface area contributed by atoms with Crippen LogP contribution < -0.4 is 5.32 Å². The number of fused-ring (bicyclic) bond motifs is 1. The molecule has 5 rings (SSSR count). The van der Waals surface area contributed by atoms with E-state index in [-0.39, 0.29) is 0 Å². The number of pyridine rings is 1. The normalized spacial score (nSPS) is 11.3. The number of carbonyl (C=O) groups is 1. The van der Waals surface area contributed by atoms with Gasteiger partial charge in [-0.05, 0) is 56.5 Å². The summed E-state index contributed by atoms with van der Waals surface area (Å²) in [4.78, 5) is 20.4. The first-order chi connectivity index (χ1) is 17.6. The van der Waals surface area contributed by atoms with E-state index in [0.29, 0.717) is 22.5 Å². The van der Waals surface area contributed by atoms with Gasteiger partial charge in [0, 0.05) is 65.4 Å². The predicted molar refractivity (Wildman–Crippen MR) is 144 cm³/mol. The fraction of sp³-hybridized carbons (Fsp3) is 0.214. The summed E-state index contributed by atoms with van der Waals surface area (Å²) in [6.45, 7) is 11.1. The van der Waals surface area contributed by atoms with Crippen molar-refractivity contribution in [3.8, 4) is 33.5 Å². The van der Waals surface area contributed by atoms with Crippen molar-refractivity contribution in [1.82, 2.24) is 29.5 Å². The van der Waals surface area contributed by atoms with Gasteiger partial charge in [-0.3, -0.25) is 14.2 Å². The summed E-state index contributed by atoms with van der Waals surface area (Å²) in [6, 6.07) is 1.53. The average Bonchev–Trinajstić information content (AvgIpc) is 3.57. The second-order valence-electron chi connectivity index (χ2n) is 9.29. The fourth-order valence-electron chi connectivity index (χ4n) is 4.88. The molecule has 8 nitrogen and oxygen atoms in total. The number of aromatic amines is 1. The van der Waals surface area contributed by atoms with E-state index in [2.05, 4.69) is 27.1 Å². The molecule has 0 aliphatic carbocycles. The van der Waals surface area contributed by atoms with Crippen LogP contribution in [0.5, 0.6) is 0 Å². The molecule has 4 heterocycles. The number of aromatic nitrogens is 6. The van der Waals surface area contributed by atoms with Gasteiger partial charge in [0.05, 0.1) is 23.8 Å². The Kier molecular flexibility index (Phi) is 5.78. The molecule has 0 unspecified atom stereocenters. The van der Waals surface area contributed by atoms with Gasteiger partial charge >= 0.3 is 0 Å². The number of amides is 1. The van der Waals surface area contributed by atoms with Crippen LogP contribution in [0.2, 0.25) is 0 Å². The smallest absolute Gasteiger partial charge is 0.247 e. The highest BCUT2D eigenvalue weighted by Crippen LogP contribution is 2.45. The van der Waals surface area contributed by atoms with Crippen molar-refractivity contribution in [3.05, 3.63) is 71.7 Å². The molecule has 0 bridgehead atoms. The number of nitrogens with zero attached hydrogens (tertiary/aromatic N) is 5. The van der Waals surface area contributed by atoms with Crippen LogP contribution in [0.15, 0.2) is 43.5 Å². The second-order valence-corrected chi connectivity index (χ2v) is 9.29. The Balaban J connectivity index is 1.89. The van der Waals surface area contributed by atoms with E-state index in [1.54, 1.807) is 17.8 Å². The van der Waals surface area contributed by atoms with Crippen LogP contribution in [0.3, 0.4) is 0 Å². The third-order valence-electron chi connectivity index (χ3n) is 7.09. The number of rotatable bonds is 5. The molecule has 1 aromatic carbocycles. The lowest BCUT2D eigenvalue weighted by Gasteiger charge is -2.17. The molecule has 0 aliphatic rings. The second kappa shape index (κ2) is 8.85. The Morgan fingerprint density at radius 1 is 1.03 bits per heavy atom.